The van der Waals surface area contributed by atoms with Crippen LogP contribution in [0.25, 0.3) is 0 Å². The third-order valence-electron chi connectivity index (χ3n) is 3.59. The van der Waals surface area contributed by atoms with E-state index < -0.39 is 30.1 Å². The molecule has 0 radical (unpaired) electrons. The smallest absolute Gasteiger partial charge is 0.338 e. The number of para-hydroxylation sites is 1. The number of rotatable bonds is 6. The summed E-state index contributed by atoms with van der Waals surface area (Å²) in [4.78, 5) is 24.0. The maximum absolute atomic E-state index is 13.5. The van der Waals surface area contributed by atoms with Gasteiger partial charge in [0, 0.05) is 6.07 Å². The molecule has 1 N–H and O–H groups in total. The van der Waals surface area contributed by atoms with Gasteiger partial charge in [0.1, 0.15) is 23.1 Å². The molecule has 0 spiro atoms. The zero-order chi connectivity index (χ0) is 19.9. The van der Waals surface area contributed by atoms with Crippen molar-refractivity contribution in [2.24, 2.45) is 0 Å². The molecule has 28 heavy (non-hydrogen) atoms. The first-order chi connectivity index (χ1) is 13.5. The number of carbonyl (C=O) groups is 2. The molecular weight excluding hydrogens is 368 g/mol. The minimum atomic E-state index is -0.799. The van der Waals surface area contributed by atoms with Gasteiger partial charge in [0.25, 0.3) is 5.91 Å². The van der Waals surface area contributed by atoms with E-state index in [4.69, 9.17) is 9.47 Å². The molecule has 0 saturated heterocycles. The van der Waals surface area contributed by atoms with Crippen LogP contribution >= 0.6 is 0 Å². The summed E-state index contributed by atoms with van der Waals surface area (Å²) in [6, 6.07) is 17.9. The lowest BCUT2D eigenvalue weighted by Crippen LogP contribution is -2.21. The number of halogens is 2. The summed E-state index contributed by atoms with van der Waals surface area (Å²) in [5.41, 5.74) is -0.155. The van der Waals surface area contributed by atoms with Gasteiger partial charge in [-0.15, -0.1) is 0 Å². The molecule has 0 aromatic heterocycles. The van der Waals surface area contributed by atoms with Gasteiger partial charge in [0.05, 0.1) is 11.3 Å². The van der Waals surface area contributed by atoms with E-state index in [-0.39, 0.29) is 11.3 Å². The zero-order valence-electron chi connectivity index (χ0n) is 14.5. The van der Waals surface area contributed by atoms with Crippen LogP contribution in [0, 0.1) is 11.6 Å². The average Bonchev–Trinajstić information content (AvgIpc) is 2.70. The van der Waals surface area contributed by atoms with Crippen molar-refractivity contribution in [3.8, 4) is 11.5 Å². The Kier molecular flexibility index (Phi) is 5.96. The number of anilines is 1. The predicted molar refractivity (Wildman–Crippen MR) is 98.2 cm³/mol. The van der Waals surface area contributed by atoms with Gasteiger partial charge < -0.3 is 14.8 Å². The van der Waals surface area contributed by atoms with Crippen LogP contribution in [-0.2, 0) is 9.53 Å². The fraction of sp³-hybridized carbons (Fsp3) is 0.0476. The molecule has 0 fully saturated rings. The van der Waals surface area contributed by atoms with Gasteiger partial charge in [-0.3, -0.25) is 4.79 Å². The molecule has 0 atom stereocenters. The first-order valence-electron chi connectivity index (χ1n) is 8.26. The largest absolute Gasteiger partial charge is 0.457 e. The quantitative estimate of drug-likeness (QED) is 0.634. The van der Waals surface area contributed by atoms with Crippen LogP contribution in [0.4, 0.5) is 14.5 Å². The highest BCUT2D eigenvalue weighted by Crippen LogP contribution is 2.22. The molecule has 142 valence electrons. The van der Waals surface area contributed by atoms with Crippen molar-refractivity contribution in [1.29, 1.82) is 0 Å². The van der Waals surface area contributed by atoms with E-state index in [0.29, 0.717) is 11.5 Å². The zero-order valence-corrected chi connectivity index (χ0v) is 14.5. The predicted octanol–water partition coefficient (Wildman–Crippen LogP) is 4.55. The summed E-state index contributed by atoms with van der Waals surface area (Å²) in [6.45, 7) is -0.654. The third kappa shape index (κ3) is 5.14. The van der Waals surface area contributed by atoms with Crippen LogP contribution in [0.15, 0.2) is 72.8 Å². The molecule has 0 heterocycles. The number of ether oxygens (including phenoxy) is 2. The van der Waals surface area contributed by atoms with Crippen molar-refractivity contribution in [2.75, 3.05) is 11.9 Å². The maximum atomic E-state index is 13.5. The second kappa shape index (κ2) is 8.77. The van der Waals surface area contributed by atoms with Crippen molar-refractivity contribution in [1.82, 2.24) is 0 Å². The van der Waals surface area contributed by atoms with Crippen molar-refractivity contribution in [3.63, 3.8) is 0 Å². The van der Waals surface area contributed by atoms with Gasteiger partial charge in [-0.1, -0.05) is 24.3 Å². The van der Waals surface area contributed by atoms with E-state index >= 15 is 0 Å². The van der Waals surface area contributed by atoms with Crippen LogP contribution in [0.5, 0.6) is 11.5 Å². The Bertz CT molecular complexity index is 993. The minimum absolute atomic E-state index is 0.179. The molecule has 0 aliphatic rings. The molecule has 3 aromatic carbocycles. The van der Waals surface area contributed by atoms with Gasteiger partial charge in [0.2, 0.25) is 0 Å². The van der Waals surface area contributed by atoms with Gasteiger partial charge in [-0.25, -0.2) is 13.6 Å². The monoisotopic (exact) mass is 383 g/mol. The lowest BCUT2D eigenvalue weighted by Gasteiger charge is -2.09. The third-order valence-corrected chi connectivity index (χ3v) is 3.59. The Morgan fingerprint density at radius 1 is 0.857 bits per heavy atom. The van der Waals surface area contributed by atoms with Gasteiger partial charge in [-0.2, -0.15) is 0 Å². The van der Waals surface area contributed by atoms with Crippen molar-refractivity contribution in [3.05, 3.63) is 90.0 Å². The topological polar surface area (TPSA) is 64.6 Å². The molecular formula is C21H15F2NO4. The molecule has 3 aromatic rings. The first kappa shape index (κ1) is 19.0. The second-order valence-electron chi connectivity index (χ2n) is 5.69. The van der Waals surface area contributed by atoms with E-state index in [9.17, 15) is 18.4 Å². The maximum Gasteiger partial charge on any atom is 0.338 e. The Hall–Kier alpha value is -3.74. The summed E-state index contributed by atoms with van der Waals surface area (Å²) in [6.07, 6.45) is 0. The van der Waals surface area contributed by atoms with E-state index in [1.807, 2.05) is 18.2 Å². The van der Waals surface area contributed by atoms with Crippen molar-refractivity contribution >= 4 is 17.6 Å². The fourth-order valence-corrected chi connectivity index (χ4v) is 2.31. The number of benzene rings is 3. The minimum Gasteiger partial charge on any atom is -0.457 e. The second-order valence-corrected chi connectivity index (χ2v) is 5.69. The normalized spacial score (nSPS) is 10.2. The number of esters is 1. The fourth-order valence-electron chi connectivity index (χ4n) is 2.31. The molecule has 1 amide bonds. The molecule has 0 unspecified atom stereocenters. The highest BCUT2D eigenvalue weighted by atomic mass is 19.1. The highest BCUT2D eigenvalue weighted by Gasteiger charge is 2.13. The Morgan fingerprint density at radius 3 is 2.39 bits per heavy atom. The Morgan fingerprint density at radius 2 is 1.61 bits per heavy atom. The van der Waals surface area contributed by atoms with E-state index in [1.54, 1.807) is 24.3 Å². The van der Waals surface area contributed by atoms with Gasteiger partial charge >= 0.3 is 5.97 Å². The summed E-state index contributed by atoms with van der Waals surface area (Å²) in [5.74, 6) is -2.03. The molecule has 5 nitrogen and oxygen atoms in total. The Labute approximate surface area is 159 Å². The molecule has 7 heteroatoms. The average molecular weight is 383 g/mol. The van der Waals surface area contributed by atoms with Crippen molar-refractivity contribution in [2.45, 2.75) is 0 Å². The van der Waals surface area contributed by atoms with E-state index in [2.05, 4.69) is 5.32 Å². The van der Waals surface area contributed by atoms with Crippen LogP contribution < -0.4 is 10.1 Å². The standard InChI is InChI=1S/C21H15F2NO4/c22-15-9-10-18(23)19(12-15)24-20(25)13-27-21(26)14-5-4-8-17(11-14)28-16-6-2-1-3-7-16/h1-12H,13H2,(H,24,25). The number of hydrogen-bond acceptors (Lipinski definition) is 4. The van der Waals surface area contributed by atoms with E-state index in [0.717, 1.165) is 18.2 Å². The molecule has 0 aliphatic heterocycles. The number of nitrogens with one attached hydrogen (secondary N) is 1. The molecule has 0 saturated carbocycles. The summed E-state index contributed by atoms with van der Waals surface area (Å²) in [7, 11) is 0. The van der Waals surface area contributed by atoms with Crippen LogP contribution in [-0.4, -0.2) is 18.5 Å². The molecule has 3 rings (SSSR count). The lowest BCUT2D eigenvalue weighted by molar-refractivity contribution is -0.119. The number of hydrogen-bond donors (Lipinski definition) is 1. The van der Waals surface area contributed by atoms with Gasteiger partial charge in [-0.05, 0) is 42.5 Å². The summed E-state index contributed by atoms with van der Waals surface area (Å²) in [5, 5.41) is 2.15. The Balaban J connectivity index is 1.58. The number of carbonyl (C=O) groups excluding carboxylic acids is 2. The van der Waals surface area contributed by atoms with E-state index in [1.165, 1.54) is 12.1 Å². The van der Waals surface area contributed by atoms with Gasteiger partial charge in [0.15, 0.2) is 6.61 Å². The SMILES string of the molecule is O=C(COC(=O)c1cccc(Oc2ccccc2)c1)Nc1cc(F)ccc1F. The number of amides is 1. The van der Waals surface area contributed by atoms with Crippen LogP contribution in [0.2, 0.25) is 0 Å². The van der Waals surface area contributed by atoms with Crippen LogP contribution in [0.3, 0.4) is 0 Å². The van der Waals surface area contributed by atoms with Crippen LogP contribution in [0.1, 0.15) is 10.4 Å². The molecule has 0 aliphatic carbocycles. The summed E-state index contributed by atoms with van der Waals surface area (Å²) >= 11 is 0. The van der Waals surface area contributed by atoms with Crippen molar-refractivity contribution < 1.29 is 27.8 Å². The lowest BCUT2D eigenvalue weighted by atomic mass is 10.2. The first-order valence-corrected chi connectivity index (χ1v) is 8.26. The highest BCUT2D eigenvalue weighted by molar-refractivity contribution is 5.95. The molecule has 0 bridgehead atoms. The summed E-state index contributed by atoms with van der Waals surface area (Å²) < 4.78 is 37.2.